The van der Waals surface area contributed by atoms with Crippen LogP contribution in [-0.4, -0.2) is 43.5 Å². The highest BCUT2D eigenvalue weighted by molar-refractivity contribution is 5.85. The maximum atomic E-state index is 10.2. The molecule has 0 aromatic carbocycles. The number of ether oxygens (including phenoxy) is 2. The first kappa shape index (κ1) is 15.1. The highest BCUT2D eigenvalue weighted by Crippen LogP contribution is 1.89. The van der Waals surface area contributed by atoms with Gasteiger partial charge < -0.3 is 20.3 Å². The first-order chi connectivity index (χ1) is 5.68. The normalized spacial score (nSPS) is 11.8. The minimum atomic E-state index is -0.964. The zero-order chi connectivity index (χ0) is 9.40. The molecule has 0 aromatic heterocycles. The van der Waals surface area contributed by atoms with Crippen molar-refractivity contribution >= 4 is 18.4 Å². The molecule has 5 nitrogen and oxygen atoms in total. The molecule has 6 heteroatoms. The van der Waals surface area contributed by atoms with Crippen LogP contribution in [-0.2, 0) is 14.3 Å². The molecule has 0 heterocycles. The fourth-order valence-corrected chi connectivity index (χ4v) is 0.540. The van der Waals surface area contributed by atoms with Crippen molar-refractivity contribution in [2.75, 3.05) is 26.4 Å². The number of carboxylic acids is 1. The lowest BCUT2D eigenvalue weighted by molar-refractivity contribution is -0.149. The van der Waals surface area contributed by atoms with Crippen LogP contribution in [0.1, 0.15) is 6.92 Å². The lowest BCUT2D eigenvalue weighted by Gasteiger charge is -2.07. The summed E-state index contributed by atoms with van der Waals surface area (Å²) in [7, 11) is 0. The Kier molecular flexibility index (Phi) is 11.3. The molecule has 1 atom stereocenters. The van der Waals surface area contributed by atoms with Gasteiger partial charge in [0.25, 0.3) is 0 Å². The van der Waals surface area contributed by atoms with Crippen molar-refractivity contribution in [3.8, 4) is 0 Å². The van der Waals surface area contributed by atoms with Gasteiger partial charge in [0.05, 0.1) is 19.8 Å². The van der Waals surface area contributed by atoms with Crippen LogP contribution in [0, 0.1) is 0 Å². The van der Waals surface area contributed by atoms with Crippen molar-refractivity contribution in [2.45, 2.75) is 13.0 Å². The number of hydrogen-bond donors (Lipinski definition) is 2. The lowest BCUT2D eigenvalue weighted by Crippen LogP contribution is -2.22. The number of hydrogen-bond acceptors (Lipinski definition) is 4. The maximum Gasteiger partial charge on any atom is 0.332 e. The number of rotatable bonds is 7. The molecule has 1 unspecified atom stereocenters. The number of carbonyl (C=O) groups is 1. The van der Waals surface area contributed by atoms with Gasteiger partial charge in [-0.3, -0.25) is 0 Å². The van der Waals surface area contributed by atoms with Gasteiger partial charge in [0.1, 0.15) is 0 Å². The number of aliphatic carboxylic acids is 1. The topological polar surface area (TPSA) is 81.8 Å². The molecule has 0 aliphatic carbocycles. The van der Waals surface area contributed by atoms with Crippen molar-refractivity contribution in [1.29, 1.82) is 0 Å². The van der Waals surface area contributed by atoms with Gasteiger partial charge in [0.2, 0.25) is 0 Å². The van der Waals surface area contributed by atoms with Crippen molar-refractivity contribution in [2.24, 2.45) is 5.73 Å². The van der Waals surface area contributed by atoms with E-state index in [1.807, 2.05) is 0 Å². The summed E-state index contributed by atoms with van der Waals surface area (Å²) in [5.41, 5.74) is 5.16. The maximum absolute atomic E-state index is 10.2. The monoisotopic (exact) mass is 213 g/mol. The fraction of sp³-hybridized carbons (Fsp3) is 0.857. The van der Waals surface area contributed by atoms with E-state index in [-0.39, 0.29) is 19.0 Å². The van der Waals surface area contributed by atoms with Crippen LogP contribution in [0.4, 0.5) is 0 Å². The zero-order valence-electron chi connectivity index (χ0n) is 7.56. The molecule has 3 N–H and O–H groups in total. The van der Waals surface area contributed by atoms with E-state index in [2.05, 4.69) is 0 Å². The van der Waals surface area contributed by atoms with E-state index in [0.29, 0.717) is 19.8 Å². The van der Waals surface area contributed by atoms with Gasteiger partial charge in [-0.25, -0.2) is 4.79 Å². The smallest absolute Gasteiger partial charge is 0.332 e. The Labute approximate surface area is 83.6 Å². The van der Waals surface area contributed by atoms with Gasteiger partial charge >= 0.3 is 5.97 Å². The molecule has 0 aliphatic rings. The Hall–Kier alpha value is -0.360. The predicted molar refractivity (Wildman–Crippen MR) is 50.2 cm³/mol. The standard InChI is InChI=1S/C7H15NO4.ClH/c1-6(7(9)10)12-5-4-11-3-2-8;/h6H,2-5,8H2,1H3,(H,9,10);1H. The lowest BCUT2D eigenvalue weighted by atomic mass is 10.4. The molecule has 0 aromatic rings. The highest BCUT2D eigenvalue weighted by atomic mass is 35.5. The third-order valence-corrected chi connectivity index (χ3v) is 1.21. The molecular formula is C7H16ClNO4. The molecule has 0 saturated carbocycles. The Morgan fingerprint density at radius 2 is 2.08 bits per heavy atom. The molecule has 13 heavy (non-hydrogen) atoms. The van der Waals surface area contributed by atoms with Gasteiger partial charge in [0.15, 0.2) is 6.10 Å². The molecule has 0 saturated heterocycles. The third-order valence-electron chi connectivity index (χ3n) is 1.21. The third kappa shape index (κ3) is 9.55. The van der Waals surface area contributed by atoms with E-state index in [9.17, 15) is 4.79 Å². The zero-order valence-corrected chi connectivity index (χ0v) is 8.38. The Morgan fingerprint density at radius 3 is 2.54 bits per heavy atom. The Morgan fingerprint density at radius 1 is 1.46 bits per heavy atom. The molecule has 0 rings (SSSR count). The summed E-state index contributed by atoms with van der Waals surface area (Å²) in [6.07, 6.45) is -0.772. The van der Waals surface area contributed by atoms with E-state index in [0.717, 1.165) is 0 Å². The molecule has 80 valence electrons. The largest absolute Gasteiger partial charge is 0.479 e. The second kappa shape index (κ2) is 9.73. The highest BCUT2D eigenvalue weighted by Gasteiger charge is 2.09. The molecule has 0 amide bonds. The van der Waals surface area contributed by atoms with Gasteiger partial charge in [-0.1, -0.05) is 0 Å². The molecule has 0 aliphatic heterocycles. The van der Waals surface area contributed by atoms with Crippen molar-refractivity contribution in [3.63, 3.8) is 0 Å². The van der Waals surface area contributed by atoms with E-state index in [1.54, 1.807) is 0 Å². The number of carboxylic acid groups (broad SMARTS) is 1. The van der Waals surface area contributed by atoms with Gasteiger partial charge in [0, 0.05) is 6.54 Å². The SMILES string of the molecule is CC(OCCOCCN)C(=O)O.Cl. The van der Waals surface area contributed by atoms with Crippen LogP contribution in [0.2, 0.25) is 0 Å². The summed E-state index contributed by atoms with van der Waals surface area (Å²) >= 11 is 0. The average molecular weight is 214 g/mol. The first-order valence-corrected chi connectivity index (χ1v) is 3.80. The van der Waals surface area contributed by atoms with Crippen LogP contribution in [0.5, 0.6) is 0 Å². The summed E-state index contributed by atoms with van der Waals surface area (Å²) in [6, 6.07) is 0. The minimum absolute atomic E-state index is 0. The molecule has 0 radical (unpaired) electrons. The van der Waals surface area contributed by atoms with E-state index in [4.69, 9.17) is 20.3 Å². The number of nitrogens with two attached hydrogens (primary N) is 1. The van der Waals surface area contributed by atoms with Crippen LogP contribution in [0.3, 0.4) is 0 Å². The minimum Gasteiger partial charge on any atom is -0.479 e. The second-order valence-electron chi connectivity index (χ2n) is 2.25. The fourth-order valence-electron chi connectivity index (χ4n) is 0.540. The van der Waals surface area contributed by atoms with E-state index >= 15 is 0 Å². The summed E-state index contributed by atoms with van der Waals surface area (Å²) in [5.74, 6) is -0.964. The van der Waals surface area contributed by atoms with Crippen LogP contribution >= 0.6 is 12.4 Å². The van der Waals surface area contributed by atoms with Crippen LogP contribution < -0.4 is 5.73 Å². The summed E-state index contributed by atoms with van der Waals surface area (Å²) in [6.45, 7) is 3.09. The molecule has 0 spiro atoms. The predicted octanol–water partition coefficient (Wildman–Crippen LogP) is -0.127. The second-order valence-corrected chi connectivity index (χ2v) is 2.25. The van der Waals surface area contributed by atoms with E-state index < -0.39 is 12.1 Å². The van der Waals surface area contributed by atoms with Crippen molar-refractivity contribution < 1.29 is 19.4 Å². The Bertz CT molecular complexity index is 134. The van der Waals surface area contributed by atoms with Crippen molar-refractivity contribution in [1.82, 2.24) is 0 Å². The van der Waals surface area contributed by atoms with Crippen molar-refractivity contribution in [3.05, 3.63) is 0 Å². The first-order valence-electron chi connectivity index (χ1n) is 3.80. The average Bonchev–Trinajstić information content (AvgIpc) is 2.03. The molecule has 0 bridgehead atoms. The van der Waals surface area contributed by atoms with E-state index in [1.165, 1.54) is 6.92 Å². The van der Waals surface area contributed by atoms with Gasteiger partial charge in [-0.15, -0.1) is 12.4 Å². The van der Waals surface area contributed by atoms with Gasteiger partial charge in [-0.05, 0) is 6.92 Å². The quantitative estimate of drug-likeness (QED) is 0.576. The van der Waals surface area contributed by atoms with Crippen LogP contribution in [0.15, 0.2) is 0 Å². The number of halogens is 1. The Balaban J connectivity index is 0. The molecule has 0 fully saturated rings. The summed E-state index contributed by atoms with van der Waals surface area (Å²) in [4.78, 5) is 10.2. The molecular weight excluding hydrogens is 198 g/mol. The van der Waals surface area contributed by atoms with Gasteiger partial charge in [-0.2, -0.15) is 0 Å². The van der Waals surface area contributed by atoms with Crippen LogP contribution in [0.25, 0.3) is 0 Å². The summed E-state index contributed by atoms with van der Waals surface area (Å²) in [5, 5.41) is 8.40. The summed E-state index contributed by atoms with van der Waals surface area (Å²) < 4.78 is 9.85.